The Kier molecular flexibility index (Phi) is 5.37. The number of para-hydroxylation sites is 2. The lowest BCUT2D eigenvalue weighted by atomic mass is 9.97. The van der Waals surface area contributed by atoms with Crippen LogP contribution in [0.3, 0.4) is 0 Å². The van der Waals surface area contributed by atoms with Crippen molar-refractivity contribution >= 4 is 113 Å². The van der Waals surface area contributed by atoms with Crippen LogP contribution in [-0.2, 0) is 0 Å². The maximum atomic E-state index is 14.0. The zero-order valence-electron chi connectivity index (χ0n) is 28.6. The van der Waals surface area contributed by atoms with Crippen LogP contribution < -0.4 is 5.56 Å². The standard InChI is InChI=1S/C49H26N2O2S/c52-49-33-10-2-1-9-30(33)31-14-7-15-32-36-25-27(19-21-39(36)51(49)48(31)32)29-13-8-17-42-45(29)37-26-28(20-23-41(37)53-42)50-38-16-5-3-11-34(38)46-40(50)22-24-44-47(46)35-12-4-6-18-43(35)54-44/h1-26H. The molecule has 0 aliphatic rings. The van der Waals surface area contributed by atoms with E-state index in [0.717, 1.165) is 76.7 Å². The number of pyridine rings is 1. The van der Waals surface area contributed by atoms with E-state index in [1.54, 1.807) is 0 Å². The normalized spacial score (nSPS) is 12.5. The van der Waals surface area contributed by atoms with Crippen LogP contribution in [0.2, 0.25) is 0 Å². The molecule has 0 radical (unpaired) electrons. The number of rotatable bonds is 2. The molecule has 8 aromatic carbocycles. The Morgan fingerprint density at radius 2 is 1.19 bits per heavy atom. The van der Waals surface area contributed by atoms with Crippen molar-refractivity contribution in [3.05, 3.63) is 168 Å². The predicted molar refractivity (Wildman–Crippen MR) is 227 cm³/mol. The van der Waals surface area contributed by atoms with Crippen molar-refractivity contribution in [3.63, 3.8) is 0 Å². The highest BCUT2D eigenvalue weighted by Gasteiger charge is 2.21. The monoisotopic (exact) mass is 706 g/mol. The van der Waals surface area contributed by atoms with Gasteiger partial charge in [-0.2, -0.15) is 0 Å². The SMILES string of the molecule is O=c1c2ccccc2c2cccc3c4cc(-c5cccc6oc7ccc(-n8c9ccccc9c9c%10c(ccc98)sc8ccccc8%10)cc7c56)ccc4n1c23. The van der Waals surface area contributed by atoms with Crippen LogP contribution in [0.1, 0.15) is 0 Å². The van der Waals surface area contributed by atoms with Gasteiger partial charge in [0.05, 0.1) is 22.1 Å². The molecule has 54 heavy (non-hydrogen) atoms. The molecule has 0 saturated carbocycles. The van der Waals surface area contributed by atoms with Crippen molar-refractivity contribution in [3.8, 4) is 16.8 Å². The lowest BCUT2D eigenvalue weighted by Gasteiger charge is -2.09. The van der Waals surface area contributed by atoms with E-state index in [-0.39, 0.29) is 5.56 Å². The van der Waals surface area contributed by atoms with Gasteiger partial charge in [-0.05, 0) is 83.2 Å². The minimum Gasteiger partial charge on any atom is -0.456 e. The minimum atomic E-state index is 0.0190. The van der Waals surface area contributed by atoms with Crippen molar-refractivity contribution in [1.29, 1.82) is 0 Å². The zero-order chi connectivity index (χ0) is 35.2. The number of benzene rings is 8. The number of thiophene rings is 1. The third-order valence-corrected chi connectivity index (χ3v) is 12.8. The maximum Gasteiger partial charge on any atom is 0.263 e. The fourth-order valence-corrected chi connectivity index (χ4v) is 10.6. The molecular weight excluding hydrogens is 681 g/mol. The third-order valence-electron chi connectivity index (χ3n) is 11.7. The highest BCUT2D eigenvalue weighted by atomic mass is 32.1. The summed E-state index contributed by atoms with van der Waals surface area (Å²) in [7, 11) is 0. The third kappa shape index (κ3) is 3.54. The van der Waals surface area contributed by atoms with Crippen molar-refractivity contribution in [2.75, 3.05) is 0 Å². The molecule has 0 bridgehead atoms. The smallest absolute Gasteiger partial charge is 0.263 e. The van der Waals surface area contributed by atoms with Gasteiger partial charge in [0, 0.05) is 68.9 Å². The lowest BCUT2D eigenvalue weighted by molar-refractivity contribution is 0.669. The fourth-order valence-electron chi connectivity index (χ4n) is 9.44. The second kappa shape index (κ2) is 10.1. The Hall–Kier alpha value is -6.95. The van der Waals surface area contributed by atoms with Crippen molar-refractivity contribution in [2.24, 2.45) is 0 Å². The van der Waals surface area contributed by atoms with Crippen LogP contribution in [0.15, 0.2) is 167 Å². The molecule has 0 saturated heterocycles. The van der Waals surface area contributed by atoms with Crippen molar-refractivity contribution < 1.29 is 4.42 Å². The summed E-state index contributed by atoms with van der Waals surface area (Å²) in [5.74, 6) is 0. The van der Waals surface area contributed by atoms with Crippen molar-refractivity contribution in [1.82, 2.24) is 8.97 Å². The van der Waals surface area contributed by atoms with Crippen LogP contribution in [0.5, 0.6) is 0 Å². The minimum absolute atomic E-state index is 0.0190. The average molecular weight is 707 g/mol. The molecule has 0 unspecified atom stereocenters. The first-order valence-electron chi connectivity index (χ1n) is 18.2. The van der Waals surface area contributed by atoms with E-state index in [1.807, 2.05) is 33.9 Å². The molecule has 5 heteroatoms. The number of furan rings is 1. The van der Waals surface area contributed by atoms with Gasteiger partial charge in [0.2, 0.25) is 0 Å². The topological polar surface area (TPSA) is 39.5 Å². The van der Waals surface area contributed by atoms with E-state index in [0.29, 0.717) is 0 Å². The molecule has 0 fully saturated rings. The van der Waals surface area contributed by atoms with E-state index in [2.05, 4.69) is 144 Å². The van der Waals surface area contributed by atoms with Crippen LogP contribution in [0.25, 0.3) is 119 Å². The molecule has 250 valence electrons. The van der Waals surface area contributed by atoms with Crippen LogP contribution >= 0.6 is 11.3 Å². The van der Waals surface area contributed by atoms with Gasteiger partial charge >= 0.3 is 0 Å². The zero-order valence-corrected chi connectivity index (χ0v) is 29.4. The number of aromatic nitrogens is 2. The van der Waals surface area contributed by atoms with E-state index >= 15 is 0 Å². The fraction of sp³-hybridized carbons (Fsp3) is 0. The summed E-state index contributed by atoms with van der Waals surface area (Å²) in [5, 5.41) is 12.3. The molecule has 13 aromatic rings. The molecule has 0 N–H and O–H groups in total. The highest BCUT2D eigenvalue weighted by molar-refractivity contribution is 7.26. The second-order valence-corrected chi connectivity index (χ2v) is 15.4. The lowest BCUT2D eigenvalue weighted by Crippen LogP contribution is -2.12. The molecule has 0 amide bonds. The molecule has 5 heterocycles. The Morgan fingerprint density at radius 1 is 0.444 bits per heavy atom. The highest BCUT2D eigenvalue weighted by Crippen LogP contribution is 2.45. The van der Waals surface area contributed by atoms with Gasteiger partial charge in [-0.1, -0.05) is 91.0 Å². The summed E-state index contributed by atoms with van der Waals surface area (Å²) in [6.45, 7) is 0. The van der Waals surface area contributed by atoms with Gasteiger partial charge in [-0.15, -0.1) is 11.3 Å². The van der Waals surface area contributed by atoms with E-state index in [4.69, 9.17) is 4.42 Å². The summed E-state index contributed by atoms with van der Waals surface area (Å²) >= 11 is 1.86. The quantitative estimate of drug-likeness (QED) is 0.168. The van der Waals surface area contributed by atoms with E-state index in [9.17, 15) is 4.79 Å². The first-order chi connectivity index (χ1) is 26.7. The summed E-state index contributed by atoms with van der Waals surface area (Å²) in [5.41, 5.74) is 9.26. The molecule has 0 atom stereocenters. The first-order valence-corrected chi connectivity index (χ1v) is 19.0. The van der Waals surface area contributed by atoms with Gasteiger partial charge in [-0.3, -0.25) is 9.20 Å². The predicted octanol–water partition coefficient (Wildman–Crippen LogP) is 13.2. The van der Waals surface area contributed by atoms with E-state index < -0.39 is 0 Å². The molecule has 0 aliphatic carbocycles. The average Bonchev–Trinajstić information content (AvgIpc) is 3.97. The summed E-state index contributed by atoms with van der Waals surface area (Å²) in [6.07, 6.45) is 0. The number of hydrogen-bond acceptors (Lipinski definition) is 3. The second-order valence-electron chi connectivity index (χ2n) is 14.4. The number of hydrogen-bond donors (Lipinski definition) is 0. The molecule has 5 aromatic heterocycles. The molecular formula is C49H26N2O2S. The van der Waals surface area contributed by atoms with Gasteiger partial charge < -0.3 is 8.98 Å². The van der Waals surface area contributed by atoms with E-state index in [1.165, 1.54) is 42.0 Å². The number of nitrogens with zero attached hydrogens (tertiary/aromatic N) is 2. The Labute approximate surface area is 310 Å². The van der Waals surface area contributed by atoms with Crippen LogP contribution in [0, 0.1) is 0 Å². The number of fused-ring (bicyclic) bond motifs is 15. The molecule has 0 aliphatic heterocycles. The van der Waals surface area contributed by atoms with Crippen LogP contribution in [0.4, 0.5) is 0 Å². The van der Waals surface area contributed by atoms with Gasteiger partial charge in [0.1, 0.15) is 11.2 Å². The summed E-state index contributed by atoms with van der Waals surface area (Å²) in [6, 6.07) is 55.8. The molecule has 0 spiro atoms. The Morgan fingerprint density at radius 3 is 2.09 bits per heavy atom. The maximum absolute atomic E-state index is 14.0. The van der Waals surface area contributed by atoms with Crippen molar-refractivity contribution in [2.45, 2.75) is 0 Å². The molecule has 13 rings (SSSR count). The largest absolute Gasteiger partial charge is 0.456 e. The van der Waals surface area contributed by atoms with Gasteiger partial charge in [0.15, 0.2) is 0 Å². The van der Waals surface area contributed by atoms with Gasteiger partial charge in [-0.25, -0.2) is 0 Å². The summed E-state index contributed by atoms with van der Waals surface area (Å²) in [4.78, 5) is 14.0. The van der Waals surface area contributed by atoms with Crippen LogP contribution in [-0.4, -0.2) is 8.97 Å². The summed E-state index contributed by atoms with van der Waals surface area (Å²) < 4.78 is 13.5. The first kappa shape index (κ1) is 28.6. The Bertz CT molecular complexity index is 3820. The van der Waals surface area contributed by atoms with Gasteiger partial charge in [0.25, 0.3) is 5.56 Å². The Balaban J connectivity index is 1.07. The molecule has 4 nitrogen and oxygen atoms in total.